The lowest BCUT2D eigenvalue weighted by Crippen LogP contribution is -2.47. The lowest BCUT2D eigenvalue weighted by Gasteiger charge is -2.22. The van der Waals surface area contributed by atoms with E-state index in [0.717, 1.165) is 5.56 Å². The van der Waals surface area contributed by atoms with Gasteiger partial charge in [0.25, 0.3) is 0 Å². The maximum atomic E-state index is 11.6. The van der Waals surface area contributed by atoms with Crippen LogP contribution in [0.25, 0.3) is 6.08 Å². The lowest BCUT2D eigenvalue weighted by atomic mass is 10.1. The molecule has 0 fully saturated rings. The molecule has 96 valence electrons. The number of carbonyl (C=O) groups is 1. The molecule has 0 aliphatic carbocycles. The van der Waals surface area contributed by atoms with Crippen molar-refractivity contribution in [3.63, 3.8) is 0 Å². The Morgan fingerprint density at radius 1 is 1.22 bits per heavy atom. The number of hydrogen-bond donors (Lipinski definition) is 2. The first-order valence-electron chi connectivity index (χ1n) is 5.73. The van der Waals surface area contributed by atoms with Gasteiger partial charge in [0.2, 0.25) is 5.91 Å². The van der Waals surface area contributed by atoms with Crippen molar-refractivity contribution in [2.75, 3.05) is 0 Å². The number of carbonyl (C=O) groups excluding carboxylic acids is 1. The van der Waals surface area contributed by atoms with Crippen molar-refractivity contribution in [3.8, 4) is 0 Å². The number of rotatable bonds is 2. The fourth-order valence-corrected chi connectivity index (χ4v) is 1.67. The third kappa shape index (κ3) is 6.15. The molecule has 1 rings (SSSR count). The van der Waals surface area contributed by atoms with Crippen LogP contribution in [0, 0.1) is 0 Å². The van der Waals surface area contributed by atoms with Crippen LogP contribution in [-0.4, -0.2) is 16.6 Å². The van der Waals surface area contributed by atoms with Crippen molar-refractivity contribution >= 4 is 29.3 Å². The summed E-state index contributed by atoms with van der Waals surface area (Å²) in [6.45, 7) is 5.93. The Kier molecular flexibility index (Phi) is 5.04. The molecule has 0 aliphatic heterocycles. The Labute approximate surface area is 113 Å². The predicted octanol–water partition coefficient (Wildman–Crippen LogP) is 2.49. The van der Waals surface area contributed by atoms with Gasteiger partial charge in [-0.15, -0.1) is 0 Å². The molecule has 1 aromatic carbocycles. The Balaban J connectivity index is 2.47. The second kappa shape index (κ2) is 6.31. The first-order valence-corrected chi connectivity index (χ1v) is 6.14. The highest BCUT2D eigenvalue weighted by molar-refractivity contribution is 7.80. The first kappa shape index (κ1) is 14.4. The zero-order chi connectivity index (χ0) is 13.6. The predicted molar refractivity (Wildman–Crippen MR) is 79.1 cm³/mol. The topological polar surface area (TPSA) is 41.1 Å². The van der Waals surface area contributed by atoms with Gasteiger partial charge < -0.3 is 5.32 Å². The summed E-state index contributed by atoms with van der Waals surface area (Å²) < 4.78 is 0. The Morgan fingerprint density at radius 2 is 1.83 bits per heavy atom. The van der Waals surface area contributed by atoms with E-state index in [-0.39, 0.29) is 11.4 Å². The third-order valence-corrected chi connectivity index (χ3v) is 2.16. The number of amides is 1. The van der Waals surface area contributed by atoms with E-state index >= 15 is 0 Å². The summed E-state index contributed by atoms with van der Waals surface area (Å²) in [6, 6.07) is 9.62. The Morgan fingerprint density at radius 3 is 2.39 bits per heavy atom. The van der Waals surface area contributed by atoms with Crippen LogP contribution in [0.3, 0.4) is 0 Å². The molecule has 1 amide bonds. The molecule has 18 heavy (non-hydrogen) atoms. The zero-order valence-corrected chi connectivity index (χ0v) is 11.7. The minimum atomic E-state index is -0.236. The van der Waals surface area contributed by atoms with Gasteiger partial charge in [-0.2, -0.15) is 0 Å². The van der Waals surface area contributed by atoms with Crippen molar-refractivity contribution < 1.29 is 4.79 Å². The molecule has 0 saturated carbocycles. The average molecular weight is 262 g/mol. The second-order valence-corrected chi connectivity index (χ2v) is 5.35. The van der Waals surface area contributed by atoms with Crippen LogP contribution in [-0.2, 0) is 4.79 Å². The van der Waals surface area contributed by atoms with Gasteiger partial charge in [-0.1, -0.05) is 30.3 Å². The molecule has 0 radical (unpaired) electrons. The van der Waals surface area contributed by atoms with Gasteiger partial charge in [0.15, 0.2) is 5.11 Å². The normalized spacial score (nSPS) is 11.3. The highest BCUT2D eigenvalue weighted by Gasteiger charge is 2.11. The summed E-state index contributed by atoms with van der Waals surface area (Å²) in [4.78, 5) is 11.6. The summed E-state index contributed by atoms with van der Waals surface area (Å²) in [5.74, 6) is -0.236. The number of thiocarbonyl (C=S) groups is 1. The van der Waals surface area contributed by atoms with Gasteiger partial charge in [0, 0.05) is 11.6 Å². The molecule has 1 aromatic rings. The molecule has 0 aromatic heterocycles. The highest BCUT2D eigenvalue weighted by Crippen LogP contribution is 2.01. The largest absolute Gasteiger partial charge is 0.358 e. The van der Waals surface area contributed by atoms with Crippen LogP contribution in [0.5, 0.6) is 0 Å². The number of benzene rings is 1. The van der Waals surface area contributed by atoms with Crippen LogP contribution in [0.2, 0.25) is 0 Å². The summed E-state index contributed by atoms with van der Waals surface area (Å²) in [5, 5.41) is 5.95. The molecule has 0 heterocycles. The molecule has 0 spiro atoms. The molecule has 0 atom stereocenters. The number of hydrogen-bond acceptors (Lipinski definition) is 2. The van der Waals surface area contributed by atoms with E-state index in [1.165, 1.54) is 6.08 Å². The Bertz CT molecular complexity index is 447. The summed E-state index contributed by atoms with van der Waals surface area (Å²) in [6.07, 6.45) is 3.21. The van der Waals surface area contributed by atoms with Crippen molar-refractivity contribution in [1.82, 2.24) is 10.6 Å². The molecule has 0 saturated heterocycles. The van der Waals surface area contributed by atoms with Crippen LogP contribution in [0.1, 0.15) is 26.3 Å². The van der Waals surface area contributed by atoms with Crippen LogP contribution >= 0.6 is 12.2 Å². The molecule has 3 nitrogen and oxygen atoms in total. The average Bonchev–Trinajstić information content (AvgIpc) is 2.25. The number of nitrogens with one attached hydrogen (secondary N) is 2. The molecule has 0 aliphatic rings. The van der Waals surface area contributed by atoms with Crippen LogP contribution in [0.15, 0.2) is 36.4 Å². The lowest BCUT2D eigenvalue weighted by molar-refractivity contribution is -0.115. The molecule has 4 heteroatoms. The van der Waals surface area contributed by atoms with Crippen LogP contribution < -0.4 is 10.6 Å². The maximum absolute atomic E-state index is 11.6. The standard InChI is InChI=1S/C14H18N2OS/c1-14(2,3)16-13(18)15-12(17)10-9-11-7-5-4-6-8-11/h4-10H,1-3H3,(H2,15,16,17,18). The van der Waals surface area contributed by atoms with E-state index in [1.807, 2.05) is 51.1 Å². The van der Waals surface area contributed by atoms with Gasteiger partial charge in [0.1, 0.15) is 0 Å². The molecular formula is C14H18N2OS. The molecule has 0 bridgehead atoms. The fourth-order valence-electron chi connectivity index (χ4n) is 1.26. The highest BCUT2D eigenvalue weighted by atomic mass is 32.1. The first-order chi connectivity index (χ1) is 8.37. The van der Waals surface area contributed by atoms with Crippen molar-refractivity contribution in [1.29, 1.82) is 0 Å². The van der Waals surface area contributed by atoms with Gasteiger partial charge in [-0.3, -0.25) is 10.1 Å². The van der Waals surface area contributed by atoms with Gasteiger partial charge in [-0.05, 0) is 44.6 Å². The fraction of sp³-hybridized carbons (Fsp3) is 0.286. The van der Waals surface area contributed by atoms with Crippen molar-refractivity contribution in [2.45, 2.75) is 26.3 Å². The van der Waals surface area contributed by atoms with Gasteiger partial charge in [-0.25, -0.2) is 0 Å². The van der Waals surface area contributed by atoms with E-state index in [4.69, 9.17) is 12.2 Å². The molecule has 2 N–H and O–H groups in total. The van der Waals surface area contributed by atoms with E-state index in [1.54, 1.807) is 6.08 Å². The van der Waals surface area contributed by atoms with E-state index in [9.17, 15) is 4.79 Å². The smallest absolute Gasteiger partial charge is 0.250 e. The van der Waals surface area contributed by atoms with E-state index in [0.29, 0.717) is 5.11 Å². The quantitative estimate of drug-likeness (QED) is 0.635. The summed E-state index contributed by atoms with van der Waals surface area (Å²) in [7, 11) is 0. The van der Waals surface area contributed by atoms with Crippen molar-refractivity contribution in [2.24, 2.45) is 0 Å². The SMILES string of the molecule is CC(C)(C)NC(=S)NC(=O)C=Cc1ccccc1. The minimum Gasteiger partial charge on any atom is -0.358 e. The Hall–Kier alpha value is -1.68. The maximum Gasteiger partial charge on any atom is 0.250 e. The molecule has 0 unspecified atom stereocenters. The zero-order valence-electron chi connectivity index (χ0n) is 10.9. The van der Waals surface area contributed by atoms with Crippen molar-refractivity contribution in [3.05, 3.63) is 42.0 Å². The van der Waals surface area contributed by atoms with E-state index < -0.39 is 0 Å². The summed E-state index contributed by atoms with van der Waals surface area (Å²) in [5.41, 5.74) is 0.815. The van der Waals surface area contributed by atoms with Crippen LogP contribution in [0.4, 0.5) is 0 Å². The summed E-state index contributed by atoms with van der Waals surface area (Å²) >= 11 is 5.03. The molecular weight excluding hydrogens is 244 g/mol. The van der Waals surface area contributed by atoms with Gasteiger partial charge >= 0.3 is 0 Å². The van der Waals surface area contributed by atoms with Gasteiger partial charge in [0.05, 0.1) is 0 Å². The second-order valence-electron chi connectivity index (χ2n) is 4.94. The third-order valence-electron chi connectivity index (χ3n) is 1.95. The minimum absolute atomic E-state index is 0.159. The monoisotopic (exact) mass is 262 g/mol. The van der Waals surface area contributed by atoms with E-state index in [2.05, 4.69) is 10.6 Å².